The van der Waals surface area contributed by atoms with Crippen molar-refractivity contribution in [1.82, 2.24) is 0 Å². The smallest absolute Gasteiger partial charge is 0.347 e. The summed E-state index contributed by atoms with van der Waals surface area (Å²) in [5, 5.41) is 9.11. The number of ether oxygens (including phenoxy) is 2. The maximum atomic E-state index is 12.1. The van der Waals surface area contributed by atoms with Gasteiger partial charge in [0.05, 0.1) is 18.7 Å². The Morgan fingerprint density at radius 2 is 1.90 bits per heavy atom. The van der Waals surface area contributed by atoms with E-state index in [2.05, 4.69) is 0 Å². The fourth-order valence-electron chi connectivity index (χ4n) is 1.60. The third-order valence-electron chi connectivity index (χ3n) is 2.58. The lowest BCUT2D eigenvalue weighted by atomic mass is 10.2. The van der Waals surface area contributed by atoms with Gasteiger partial charge in [-0.15, -0.1) is 0 Å². The van der Waals surface area contributed by atoms with E-state index in [1.165, 1.54) is 13.2 Å². The highest BCUT2D eigenvalue weighted by atomic mass is 35.5. The molecule has 0 aliphatic rings. The van der Waals surface area contributed by atoms with Gasteiger partial charge in [0.15, 0.2) is 0 Å². The van der Waals surface area contributed by atoms with Gasteiger partial charge in [-0.05, 0) is 42.5 Å². The fraction of sp³-hybridized carbons (Fsp3) is 0.0667. The zero-order valence-electron chi connectivity index (χ0n) is 10.6. The monoisotopic (exact) mass is 287 g/mol. The molecule has 0 amide bonds. The van der Waals surface area contributed by atoms with Crippen molar-refractivity contribution in [2.75, 3.05) is 7.11 Å². The first-order valence-electron chi connectivity index (χ1n) is 5.70. The number of hydrogen-bond donors (Lipinski definition) is 0. The summed E-state index contributed by atoms with van der Waals surface area (Å²) in [4.78, 5) is 12.1. The number of methoxy groups -OCH3 is 1. The van der Waals surface area contributed by atoms with E-state index in [0.29, 0.717) is 22.1 Å². The van der Waals surface area contributed by atoms with Crippen LogP contribution in [0.2, 0.25) is 5.02 Å². The molecule has 0 atom stereocenters. The van der Waals surface area contributed by atoms with Crippen molar-refractivity contribution in [2.45, 2.75) is 0 Å². The summed E-state index contributed by atoms with van der Waals surface area (Å²) in [6.07, 6.45) is 0. The lowest BCUT2D eigenvalue weighted by Crippen LogP contribution is -2.10. The number of nitriles is 1. The molecule has 0 unspecified atom stereocenters. The zero-order valence-corrected chi connectivity index (χ0v) is 11.3. The van der Waals surface area contributed by atoms with Gasteiger partial charge in [0, 0.05) is 5.02 Å². The number of esters is 1. The number of hydrogen-bond acceptors (Lipinski definition) is 4. The molecular formula is C15H10ClNO3. The summed E-state index contributed by atoms with van der Waals surface area (Å²) in [5.41, 5.74) is 0.731. The van der Waals surface area contributed by atoms with Crippen molar-refractivity contribution >= 4 is 17.6 Å². The Bertz CT molecular complexity index is 675. The molecule has 0 saturated carbocycles. The van der Waals surface area contributed by atoms with Crippen molar-refractivity contribution in [2.24, 2.45) is 0 Å². The van der Waals surface area contributed by atoms with Crippen LogP contribution in [0.15, 0.2) is 42.5 Å². The minimum Gasteiger partial charge on any atom is -0.496 e. The van der Waals surface area contributed by atoms with E-state index in [9.17, 15) is 4.79 Å². The number of benzene rings is 2. The maximum absolute atomic E-state index is 12.1. The number of nitrogens with zero attached hydrogens (tertiary/aromatic N) is 1. The molecule has 5 heteroatoms. The third-order valence-corrected chi connectivity index (χ3v) is 2.81. The maximum Gasteiger partial charge on any atom is 0.347 e. The summed E-state index contributed by atoms with van der Waals surface area (Å²) in [7, 11) is 1.46. The number of rotatable bonds is 3. The summed E-state index contributed by atoms with van der Waals surface area (Å²) in [6, 6.07) is 12.9. The topological polar surface area (TPSA) is 59.3 Å². The summed E-state index contributed by atoms with van der Waals surface area (Å²) in [5.74, 6) is 0.151. The van der Waals surface area contributed by atoms with E-state index < -0.39 is 5.97 Å². The Labute approximate surface area is 121 Å². The van der Waals surface area contributed by atoms with Gasteiger partial charge >= 0.3 is 5.97 Å². The Kier molecular flexibility index (Phi) is 4.24. The molecule has 0 N–H and O–H groups in total. The van der Waals surface area contributed by atoms with E-state index in [4.69, 9.17) is 26.3 Å². The van der Waals surface area contributed by atoms with Gasteiger partial charge < -0.3 is 9.47 Å². The van der Waals surface area contributed by atoms with Crippen LogP contribution in [0.5, 0.6) is 11.5 Å². The average Bonchev–Trinajstić information content (AvgIpc) is 2.48. The van der Waals surface area contributed by atoms with Crippen LogP contribution < -0.4 is 9.47 Å². The molecule has 2 aromatic rings. The lowest BCUT2D eigenvalue weighted by Gasteiger charge is -2.08. The molecule has 2 aromatic carbocycles. The molecule has 0 aliphatic carbocycles. The Morgan fingerprint density at radius 1 is 1.20 bits per heavy atom. The standard InChI is InChI=1S/C15H10ClNO3/c1-19-14-7-4-11(16)8-13(14)15(18)20-12-5-2-10(9-17)3-6-12/h2-8H,1H3. The molecule has 2 rings (SSSR count). The predicted octanol–water partition coefficient (Wildman–Crippen LogP) is 3.44. The van der Waals surface area contributed by atoms with Crippen LogP contribution in [0.1, 0.15) is 15.9 Å². The summed E-state index contributed by atoms with van der Waals surface area (Å²) >= 11 is 5.86. The van der Waals surface area contributed by atoms with Crippen LogP contribution in [-0.2, 0) is 0 Å². The van der Waals surface area contributed by atoms with Gasteiger partial charge in [0.25, 0.3) is 0 Å². The first-order chi connectivity index (χ1) is 9.63. The molecule has 0 spiro atoms. The molecule has 20 heavy (non-hydrogen) atoms. The average molecular weight is 288 g/mol. The number of carbonyl (C=O) groups is 1. The molecule has 0 fully saturated rings. The second-order valence-electron chi connectivity index (χ2n) is 3.87. The van der Waals surface area contributed by atoms with E-state index in [-0.39, 0.29) is 5.56 Å². The summed E-state index contributed by atoms with van der Waals surface area (Å²) in [6.45, 7) is 0. The number of halogens is 1. The van der Waals surface area contributed by atoms with Crippen molar-refractivity contribution in [3.63, 3.8) is 0 Å². The van der Waals surface area contributed by atoms with Crippen LogP contribution in [0, 0.1) is 11.3 Å². The van der Waals surface area contributed by atoms with Gasteiger partial charge in [-0.1, -0.05) is 11.6 Å². The van der Waals surface area contributed by atoms with Gasteiger partial charge in [0.1, 0.15) is 17.1 Å². The van der Waals surface area contributed by atoms with Crippen molar-refractivity contribution in [1.29, 1.82) is 5.26 Å². The van der Waals surface area contributed by atoms with E-state index in [0.717, 1.165) is 0 Å². The molecule has 0 saturated heterocycles. The SMILES string of the molecule is COc1ccc(Cl)cc1C(=O)Oc1ccc(C#N)cc1. The van der Waals surface area contributed by atoms with E-state index in [1.54, 1.807) is 36.4 Å². The molecule has 0 aliphatic heterocycles. The summed E-state index contributed by atoms with van der Waals surface area (Å²) < 4.78 is 10.3. The van der Waals surface area contributed by atoms with Gasteiger partial charge in [-0.25, -0.2) is 4.79 Å². The highest BCUT2D eigenvalue weighted by molar-refractivity contribution is 6.31. The van der Waals surface area contributed by atoms with Gasteiger partial charge in [-0.3, -0.25) is 0 Å². The molecule has 0 heterocycles. The molecule has 4 nitrogen and oxygen atoms in total. The van der Waals surface area contributed by atoms with Crippen molar-refractivity contribution in [3.05, 3.63) is 58.6 Å². The first kappa shape index (κ1) is 13.9. The molecule has 0 bridgehead atoms. The number of carbonyl (C=O) groups excluding carboxylic acids is 1. The van der Waals surface area contributed by atoms with E-state index in [1.807, 2.05) is 6.07 Å². The lowest BCUT2D eigenvalue weighted by molar-refractivity contribution is 0.0731. The Hall–Kier alpha value is -2.51. The van der Waals surface area contributed by atoms with Crippen LogP contribution in [0.3, 0.4) is 0 Å². The van der Waals surface area contributed by atoms with Crippen molar-refractivity contribution < 1.29 is 14.3 Å². The third kappa shape index (κ3) is 3.08. The van der Waals surface area contributed by atoms with Gasteiger partial charge in [-0.2, -0.15) is 5.26 Å². The zero-order chi connectivity index (χ0) is 14.5. The molecule has 0 aromatic heterocycles. The van der Waals surface area contributed by atoms with Crippen LogP contribution in [0.25, 0.3) is 0 Å². The Balaban J connectivity index is 2.23. The molecular weight excluding hydrogens is 278 g/mol. The molecule has 100 valence electrons. The minimum absolute atomic E-state index is 0.240. The molecule has 0 radical (unpaired) electrons. The van der Waals surface area contributed by atoms with Gasteiger partial charge in [0.2, 0.25) is 0 Å². The van der Waals surface area contributed by atoms with Crippen molar-refractivity contribution in [3.8, 4) is 17.6 Å². The quantitative estimate of drug-likeness (QED) is 0.641. The normalized spacial score (nSPS) is 9.65. The van der Waals surface area contributed by atoms with Crippen LogP contribution in [0.4, 0.5) is 0 Å². The predicted molar refractivity (Wildman–Crippen MR) is 74.1 cm³/mol. The largest absolute Gasteiger partial charge is 0.496 e. The minimum atomic E-state index is -0.575. The fourth-order valence-corrected chi connectivity index (χ4v) is 1.77. The first-order valence-corrected chi connectivity index (χ1v) is 6.07. The highest BCUT2D eigenvalue weighted by Gasteiger charge is 2.15. The second-order valence-corrected chi connectivity index (χ2v) is 4.31. The highest BCUT2D eigenvalue weighted by Crippen LogP contribution is 2.24. The van der Waals surface area contributed by atoms with Crippen LogP contribution in [-0.4, -0.2) is 13.1 Å². The van der Waals surface area contributed by atoms with Crippen LogP contribution >= 0.6 is 11.6 Å². The van der Waals surface area contributed by atoms with E-state index >= 15 is 0 Å². The Morgan fingerprint density at radius 3 is 2.50 bits per heavy atom. The second kappa shape index (κ2) is 6.09.